The molecule has 36 heavy (non-hydrogen) atoms. The number of hydrogen-bond acceptors (Lipinski definition) is 4. The number of halogens is 1. The molecule has 7 nitrogen and oxygen atoms in total. The lowest BCUT2D eigenvalue weighted by Gasteiger charge is -2.26. The Kier molecular flexibility index (Phi) is 7.38. The number of nitrogens with zero attached hydrogens (tertiary/aromatic N) is 2. The van der Waals surface area contributed by atoms with Crippen LogP contribution in [-0.4, -0.2) is 33.3 Å². The SMILES string of the molecule is Cc1ccc(S(=O)(=O)N(CC(=O)Nc2ccc(C)c(N3CCCC3=O)c2)c2cccc(Cl)c2C)cc1. The predicted molar refractivity (Wildman–Crippen MR) is 143 cm³/mol. The normalized spacial score (nSPS) is 13.7. The molecule has 1 N–H and O–H groups in total. The highest BCUT2D eigenvalue weighted by atomic mass is 35.5. The van der Waals surface area contributed by atoms with Crippen LogP contribution in [0.25, 0.3) is 0 Å². The summed E-state index contributed by atoms with van der Waals surface area (Å²) in [5.74, 6) is -0.471. The van der Waals surface area contributed by atoms with Gasteiger partial charge in [-0.1, -0.05) is 41.4 Å². The molecule has 0 saturated carbocycles. The first kappa shape index (κ1) is 25.7. The number of carbonyl (C=O) groups is 2. The standard InChI is InChI=1S/C27H28ClN3O4S/c1-18-9-13-22(14-10-18)36(34,35)31(24-7-4-6-23(28)20(24)3)17-26(32)29-21-12-11-19(2)25(16-21)30-15-5-8-27(30)33/h4,6-7,9-14,16H,5,8,15,17H2,1-3H3,(H,29,32). The summed E-state index contributed by atoms with van der Waals surface area (Å²) in [7, 11) is -4.07. The lowest BCUT2D eigenvalue weighted by Crippen LogP contribution is -2.38. The van der Waals surface area contributed by atoms with Crippen LogP contribution in [0, 0.1) is 20.8 Å². The van der Waals surface area contributed by atoms with Gasteiger partial charge in [-0.2, -0.15) is 0 Å². The maximum absolute atomic E-state index is 13.7. The van der Waals surface area contributed by atoms with Crippen molar-refractivity contribution in [3.05, 3.63) is 82.4 Å². The molecule has 0 radical (unpaired) electrons. The molecule has 3 aromatic carbocycles. The molecule has 1 aliphatic rings. The van der Waals surface area contributed by atoms with E-state index in [-0.39, 0.29) is 10.8 Å². The van der Waals surface area contributed by atoms with Gasteiger partial charge in [0.25, 0.3) is 10.0 Å². The van der Waals surface area contributed by atoms with Gasteiger partial charge in [-0.15, -0.1) is 0 Å². The molecule has 0 aliphatic carbocycles. The molecule has 0 bridgehead atoms. The zero-order chi connectivity index (χ0) is 26.0. The zero-order valence-electron chi connectivity index (χ0n) is 20.4. The second kappa shape index (κ2) is 10.3. The largest absolute Gasteiger partial charge is 0.324 e. The number of rotatable bonds is 7. The monoisotopic (exact) mass is 525 g/mol. The number of carbonyl (C=O) groups excluding carboxylic acids is 2. The van der Waals surface area contributed by atoms with Crippen molar-refractivity contribution in [1.82, 2.24) is 0 Å². The van der Waals surface area contributed by atoms with E-state index in [9.17, 15) is 18.0 Å². The third kappa shape index (κ3) is 5.24. The van der Waals surface area contributed by atoms with Crippen molar-refractivity contribution in [2.75, 3.05) is 27.6 Å². The summed E-state index contributed by atoms with van der Waals surface area (Å²) in [6, 6.07) is 16.7. The van der Waals surface area contributed by atoms with E-state index in [1.165, 1.54) is 12.1 Å². The Balaban J connectivity index is 1.65. The lowest BCUT2D eigenvalue weighted by atomic mass is 10.1. The summed E-state index contributed by atoms with van der Waals surface area (Å²) in [5.41, 5.74) is 3.93. The number of hydrogen-bond donors (Lipinski definition) is 1. The number of aryl methyl sites for hydroxylation is 2. The van der Waals surface area contributed by atoms with Crippen LogP contribution in [-0.2, 0) is 19.6 Å². The molecule has 0 aromatic heterocycles. The highest BCUT2D eigenvalue weighted by molar-refractivity contribution is 7.92. The van der Waals surface area contributed by atoms with Crippen molar-refractivity contribution >= 4 is 50.5 Å². The van der Waals surface area contributed by atoms with Gasteiger partial charge < -0.3 is 10.2 Å². The molecule has 9 heteroatoms. The van der Waals surface area contributed by atoms with Crippen molar-refractivity contribution < 1.29 is 18.0 Å². The molecule has 3 aromatic rings. The first-order valence-corrected chi connectivity index (χ1v) is 13.4. The molecule has 1 aliphatic heterocycles. The molecular weight excluding hydrogens is 498 g/mol. The van der Waals surface area contributed by atoms with E-state index in [0.717, 1.165) is 27.5 Å². The number of anilines is 3. The van der Waals surface area contributed by atoms with Gasteiger partial charge in [-0.25, -0.2) is 8.42 Å². The molecule has 4 rings (SSSR count). The second-order valence-electron chi connectivity index (χ2n) is 8.91. The minimum atomic E-state index is -4.07. The van der Waals surface area contributed by atoms with E-state index in [0.29, 0.717) is 34.9 Å². The molecule has 1 fully saturated rings. The molecule has 188 valence electrons. The molecule has 2 amide bonds. The Labute approximate surface area is 216 Å². The number of amides is 2. The Hall–Kier alpha value is -3.36. The van der Waals surface area contributed by atoms with E-state index in [1.54, 1.807) is 54.3 Å². The zero-order valence-corrected chi connectivity index (χ0v) is 22.0. The van der Waals surface area contributed by atoms with Crippen molar-refractivity contribution in [1.29, 1.82) is 0 Å². The van der Waals surface area contributed by atoms with Crippen molar-refractivity contribution in [3.63, 3.8) is 0 Å². The maximum Gasteiger partial charge on any atom is 0.264 e. The van der Waals surface area contributed by atoms with Crippen LogP contribution in [0.4, 0.5) is 17.1 Å². The smallest absolute Gasteiger partial charge is 0.264 e. The van der Waals surface area contributed by atoms with E-state index in [1.807, 2.05) is 19.9 Å². The van der Waals surface area contributed by atoms with Gasteiger partial charge >= 0.3 is 0 Å². The van der Waals surface area contributed by atoms with Crippen LogP contribution in [0.15, 0.2) is 65.6 Å². The van der Waals surface area contributed by atoms with E-state index >= 15 is 0 Å². The Morgan fingerprint density at radius 3 is 2.44 bits per heavy atom. The average Bonchev–Trinajstić information content (AvgIpc) is 3.26. The molecular formula is C27H28ClN3O4S. The average molecular weight is 526 g/mol. The minimum Gasteiger partial charge on any atom is -0.324 e. The molecule has 0 spiro atoms. The fraction of sp³-hybridized carbons (Fsp3) is 0.259. The van der Waals surface area contributed by atoms with Crippen LogP contribution in [0.5, 0.6) is 0 Å². The van der Waals surface area contributed by atoms with Gasteiger partial charge in [0, 0.05) is 29.4 Å². The quantitative estimate of drug-likeness (QED) is 0.458. The van der Waals surface area contributed by atoms with Crippen molar-refractivity contribution in [3.8, 4) is 0 Å². The topological polar surface area (TPSA) is 86.8 Å². The summed E-state index contributed by atoms with van der Waals surface area (Å²) in [6.45, 7) is 5.67. The van der Waals surface area contributed by atoms with Crippen LogP contribution in [0.3, 0.4) is 0 Å². The highest BCUT2D eigenvalue weighted by Gasteiger charge is 2.29. The van der Waals surface area contributed by atoms with Gasteiger partial charge in [0.15, 0.2) is 0 Å². The van der Waals surface area contributed by atoms with E-state index in [4.69, 9.17) is 11.6 Å². The summed E-state index contributed by atoms with van der Waals surface area (Å²) >= 11 is 6.29. The third-order valence-electron chi connectivity index (χ3n) is 6.26. The van der Waals surface area contributed by atoms with Gasteiger partial charge in [0.1, 0.15) is 6.54 Å². The first-order valence-electron chi connectivity index (χ1n) is 11.6. The molecule has 1 saturated heterocycles. The Bertz CT molecular complexity index is 1420. The van der Waals surface area contributed by atoms with Gasteiger partial charge in [0.2, 0.25) is 11.8 Å². The summed E-state index contributed by atoms with van der Waals surface area (Å²) < 4.78 is 28.4. The first-order chi connectivity index (χ1) is 17.1. The number of sulfonamides is 1. The fourth-order valence-electron chi connectivity index (χ4n) is 4.22. The van der Waals surface area contributed by atoms with E-state index in [2.05, 4.69) is 5.32 Å². The van der Waals surface area contributed by atoms with Crippen LogP contribution in [0.2, 0.25) is 5.02 Å². The maximum atomic E-state index is 13.7. The molecule has 1 heterocycles. The predicted octanol–water partition coefficient (Wildman–Crippen LogP) is 5.23. The second-order valence-corrected chi connectivity index (χ2v) is 11.2. The van der Waals surface area contributed by atoms with E-state index < -0.39 is 22.5 Å². The summed E-state index contributed by atoms with van der Waals surface area (Å²) in [5, 5.41) is 3.20. The highest BCUT2D eigenvalue weighted by Crippen LogP contribution is 2.32. The van der Waals surface area contributed by atoms with Crippen LogP contribution in [0.1, 0.15) is 29.5 Å². The number of nitrogens with one attached hydrogen (secondary N) is 1. The molecule has 0 atom stereocenters. The van der Waals surface area contributed by atoms with Gasteiger partial charge in [-0.3, -0.25) is 13.9 Å². The van der Waals surface area contributed by atoms with Crippen molar-refractivity contribution in [2.24, 2.45) is 0 Å². The lowest BCUT2D eigenvalue weighted by molar-refractivity contribution is -0.117. The van der Waals surface area contributed by atoms with Crippen LogP contribution >= 0.6 is 11.6 Å². The Morgan fingerprint density at radius 2 is 1.78 bits per heavy atom. The van der Waals surface area contributed by atoms with Gasteiger partial charge in [0.05, 0.1) is 10.6 Å². The number of benzene rings is 3. The van der Waals surface area contributed by atoms with Gasteiger partial charge in [-0.05, 0) is 74.7 Å². The summed E-state index contributed by atoms with van der Waals surface area (Å²) in [4.78, 5) is 27.2. The fourth-order valence-corrected chi connectivity index (χ4v) is 5.86. The summed E-state index contributed by atoms with van der Waals surface area (Å²) in [6.07, 6.45) is 1.29. The molecule has 0 unspecified atom stereocenters. The Morgan fingerprint density at radius 1 is 1.06 bits per heavy atom. The third-order valence-corrected chi connectivity index (χ3v) is 8.44. The van der Waals surface area contributed by atoms with Crippen molar-refractivity contribution in [2.45, 2.75) is 38.5 Å². The minimum absolute atomic E-state index is 0.0494. The van der Waals surface area contributed by atoms with Crippen LogP contribution < -0.4 is 14.5 Å².